The standard InChI is InChI=1S/C18H19N3O6/c1-12(22)20(2)13-4-6-14(7-5-13)27-11-18(23)19-16-9-8-15(26-3)10-17(16)21(24)25/h4-10H,11H2,1-3H3,(H,19,23). The summed E-state index contributed by atoms with van der Waals surface area (Å²) >= 11 is 0. The van der Waals surface area contributed by atoms with Crippen molar-refractivity contribution in [2.24, 2.45) is 0 Å². The minimum absolute atomic E-state index is 0.0489. The Kier molecular flexibility index (Phi) is 6.32. The second-order valence-electron chi connectivity index (χ2n) is 5.55. The van der Waals surface area contributed by atoms with Crippen LogP contribution in [0.5, 0.6) is 11.5 Å². The average Bonchev–Trinajstić information content (AvgIpc) is 2.66. The van der Waals surface area contributed by atoms with Crippen LogP contribution >= 0.6 is 0 Å². The molecule has 0 saturated carbocycles. The van der Waals surface area contributed by atoms with Crippen molar-refractivity contribution in [1.82, 2.24) is 0 Å². The minimum atomic E-state index is -0.608. The number of methoxy groups -OCH3 is 1. The number of anilines is 2. The molecule has 0 fully saturated rings. The van der Waals surface area contributed by atoms with Crippen molar-refractivity contribution in [3.63, 3.8) is 0 Å². The number of amides is 2. The second-order valence-corrected chi connectivity index (χ2v) is 5.55. The first kappa shape index (κ1) is 19.7. The highest BCUT2D eigenvalue weighted by molar-refractivity contribution is 5.94. The molecule has 2 aromatic rings. The molecule has 2 amide bonds. The summed E-state index contributed by atoms with van der Waals surface area (Å²) in [5, 5.41) is 13.6. The molecule has 0 unspecified atom stereocenters. The SMILES string of the molecule is COc1ccc(NC(=O)COc2ccc(N(C)C(C)=O)cc2)c([N+](=O)[O-])c1. The number of nitro groups is 1. The number of nitro benzene ring substituents is 1. The zero-order valence-corrected chi connectivity index (χ0v) is 15.1. The molecule has 0 spiro atoms. The average molecular weight is 373 g/mol. The molecule has 1 N–H and O–H groups in total. The largest absolute Gasteiger partial charge is 0.496 e. The maximum absolute atomic E-state index is 12.0. The molecule has 0 aliphatic heterocycles. The summed E-state index contributed by atoms with van der Waals surface area (Å²) in [6.07, 6.45) is 0. The molecule has 2 rings (SSSR count). The molecule has 0 aliphatic carbocycles. The smallest absolute Gasteiger partial charge is 0.296 e. The van der Waals surface area contributed by atoms with Gasteiger partial charge in [0.2, 0.25) is 5.91 Å². The third kappa shape index (κ3) is 5.18. The Morgan fingerprint density at radius 1 is 1.15 bits per heavy atom. The monoisotopic (exact) mass is 373 g/mol. The van der Waals surface area contributed by atoms with Gasteiger partial charge in [-0.05, 0) is 36.4 Å². The maximum Gasteiger partial charge on any atom is 0.296 e. The summed E-state index contributed by atoms with van der Waals surface area (Å²) in [6.45, 7) is 1.12. The fourth-order valence-electron chi connectivity index (χ4n) is 2.18. The van der Waals surface area contributed by atoms with Gasteiger partial charge < -0.3 is 19.7 Å². The molecular formula is C18H19N3O6. The number of hydrogen-bond acceptors (Lipinski definition) is 6. The van der Waals surface area contributed by atoms with Crippen molar-refractivity contribution < 1.29 is 24.0 Å². The summed E-state index contributed by atoms with van der Waals surface area (Å²) in [4.78, 5) is 35.3. The summed E-state index contributed by atoms with van der Waals surface area (Å²) in [5.74, 6) is 0.0824. The number of nitrogens with one attached hydrogen (secondary N) is 1. The van der Waals surface area contributed by atoms with Crippen LogP contribution in [0.2, 0.25) is 0 Å². The highest BCUT2D eigenvalue weighted by atomic mass is 16.6. The third-order valence-electron chi connectivity index (χ3n) is 3.74. The van der Waals surface area contributed by atoms with E-state index in [-0.39, 0.29) is 23.9 Å². The van der Waals surface area contributed by atoms with Crippen LogP contribution in [0, 0.1) is 10.1 Å². The molecule has 0 aliphatic rings. The van der Waals surface area contributed by atoms with E-state index < -0.39 is 10.8 Å². The molecule has 0 heterocycles. The molecule has 9 nitrogen and oxygen atoms in total. The van der Waals surface area contributed by atoms with E-state index in [9.17, 15) is 19.7 Å². The van der Waals surface area contributed by atoms with E-state index in [2.05, 4.69) is 5.32 Å². The first-order valence-electron chi connectivity index (χ1n) is 7.91. The molecule has 0 aromatic heterocycles. The van der Waals surface area contributed by atoms with Crippen molar-refractivity contribution in [2.45, 2.75) is 6.92 Å². The van der Waals surface area contributed by atoms with Crippen LogP contribution in [0.25, 0.3) is 0 Å². The van der Waals surface area contributed by atoms with E-state index in [1.165, 1.54) is 37.1 Å². The van der Waals surface area contributed by atoms with Crippen molar-refractivity contribution in [1.29, 1.82) is 0 Å². The number of hydrogen-bond donors (Lipinski definition) is 1. The lowest BCUT2D eigenvalue weighted by Gasteiger charge is -2.15. The first-order chi connectivity index (χ1) is 12.8. The van der Waals surface area contributed by atoms with E-state index in [0.717, 1.165) is 0 Å². The molecule has 0 bridgehead atoms. The Bertz CT molecular complexity index is 851. The normalized spacial score (nSPS) is 10.0. The van der Waals surface area contributed by atoms with Crippen molar-refractivity contribution in [3.8, 4) is 11.5 Å². The van der Waals surface area contributed by atoms with Gasteiger partial charge >= 0.3 is 0 Å². The van der Waals surface area contributed by atoms with Crippen LogP contribution in [-0.2, 0) is 9.59 Å². The third-order valence-corrected chi connectivity index (χ3v) is 3.74. The van der Waals surface area contributed by atoms with Gasteiger partial charge in [0.05, 0.1) is 18.1 Å². The fraction of sp³-hybridized carbons (Fsp3) is 0.222. The Morgan fingerprint density at radius 3 is 2.33 bits per heavy atom. The van der Waals surface area contributed by atoms with Gasteiger partial charge in [-0.25, -0.2) is 0 Å². The predicted octanol–water partition coefficient (Wildman–Crippen LogP) is 2.60. The highest BCUT2D eigenvalue weighted by Gasteiger charge is 2.17. The van der Waals surface area contributed by atoms with Crippen LogP contribution in [0.1, 0.15) is 6.92 Å². The molecule has 9 heteroatoms. The number of ether oxygens (including phenoxy) is 2. The van der Waals surface area contributed by atoms with Gasteiger partial charge in [0.25, 0.3) is 11.6 Å². The van der Waals surface area contributed by atoms with Crippen LogP contribution in [0.15, 0.2) is 42.5 Å². The Morgan fingerprint density at radius 2 is 1.78 bits per heavy atom. The minimum Gasteiger partial charge on any atom is -0.496 e. The highest BCUT2D eigenvalue weighted by Crippen LogP contribution is 2.29. The summed E-state index contributed by atoms with van der Waals surface area (Å²) in [5.41, 5.74) is 0.459. The summed E-state index contributed by atoms with van der Waals surface area (Å²) in [6, 6.07) is 10.7. The quantitative estimate of drug-likeness (QED) is 0.590. The molecule has 0 atom stereocenters. The number of benzene rings is 2. The summed E-state index contributed by atoms with van der Waals surface area (Å²) < 4.78 is 10.3. The van der Waals surface area contributed by atoms with Gasteiger partial charge in [-0.3, -0.25) is 19.7 Å². The van der Waals surface area contributed by atoms with E-state index in [1.54, 1.807) is 31.3 Å². The lowest BCUT2D eigenvalue weighted by Crippen LogP contribution is -2.22. The van der Waals surface area contributed by atoms with Crippen molar-refractivity contribution in [2.75, 3.05) is 31.0 Å². The van der Waals surface area contributed by atoms with Crippen LogP contribution < -0.4 is 19.7 Å². The van der Waals surface area contributed by atoms with Crippen LogP contribution in [0.4, 0.5) is 17.1 Å². The van der Waals surface area contributed by atoms with Gasteiger partial charge in [-0.2, -0.15) is 0 Å². The van der Waals surface area contributed by atoms with Gasteiger partial charge in [0.1, 0.15) is 17.2 Å². The first-order valence-corrected chi connectivity index (χ1v) is 7.91. The number of rotatable bonds is 7. The molecule has 0 saturated heterocycles. The van der Waals surface area contributed by atoms with Gasteiger partial charge in [-0.15, -0.1) is 0 Å². The molecular weight excluding hydrogens is 354 g/mol. The lowest BCUT2D eigenvalue weighted by molar-refractivity contribution is -0.384. The number of carbonyl (C=O) groups excluding carboxylic acids is 2. The van der Waals surface area contributed by atoms with Gasteiger partial charge in [-0.1, -0.05) is 0 Å². The zero-order valence-electron chi connectivity index (χ0n) is 15.1. The van der Waals surface area contributed by atoms with Crippen LogP contribution in [-0.4, -0.2) is 37.5 Å². The Hall–Kier alpha value is -3.62. The number of nitrogens with zero attached hydrogens (tertiary/aromatic N) is 2. The van der Waals surface area contributed by atoms with Gasteiger partial charge in [0, 0.05) is 19.7 Å². The molecule has 0 radical (unpaired) electrons. The predicted molar refractivity (Wildman–Crippen MR) is 99.3 cm³/mol. The zero-order chi connectivity index (χ0) is 20.0. The molecule has 142 valence electrons. The lowest BCUT2D eigenvalue weighted by atomic mass is 10.2. The molecule has 27 heavy (non-hydrogen) atoms. The summed E-state index contributed by atoms with van der Waals surface area (Å²) in [7, 11) is 3.04. The maximum atomic E-state index is 12.0. The van der Waals surface area contributed by atoms with Gasteiger partial charge in [0.15, 0.2) is 6.61 Å². The van der Waals surface area contributed by atoms with E-state index in [0.29, 0.717) is 17.2 Å². The second kappa shape index (κ2) is 8.65. The Labute approximate surface area is 155 Å². The molecule has 2 aromatic carbocycles. The van der Waals surface area contributed by atoms with Crippen molar-refractivity contribution in [3.05, 3.63) is 52.6 Å². The van der Waals surface area contributed by atoms with E-state index >= 15 is 0 Å². The topological polar surface area (TPSA) is 111 Å². The van der Waals surface area contributed by atoms with E-state index in [1.807, 2.05) is 0 Å². The number of carbonyl (C=O) groups is 2. The fourth-order valence-corrected chi connectivity index (χ4v) is 2.18. The van der Waals surface area contributed by atoms with Crippen molar-refractivity contribution >= 4 is 28.9 Å². The van der Waals surface area contributed by atoms with E-state index in [4.69, 9.17) is 9.47 Å². The Balaban J connectivity index is 1.99. The van der Waals surface area contributed by atoms with Crippen LogP contribution in [0.3, 0.4) is 0 Å².